The van der Waals surface area contributed by atoms with Crippen LogP contribution in [0, 0.1) is 0 Å². The largest absolute Gasteiger partial charge is 0.292 e. The van der Waals surface area contributed by atoms with E-state index in [0.717, 1.165) is 0 Å². The van der Waals surface area contributed by atoms with E-state index in [1.165, 1.54) is 23.5 Å². The SMILES string of the molecule is NNc1ncc(S(=O)(=O)NC2Cc3ccccc3C2)cn1. The number of fused-ring (bicyclic) bond motifs is 1. The molecule has 0 atom stereocenters. The molecule has 3 rings (SSSR count). The maximum absolute atomic E-state index is 12.3. The molecule has 21 heavy (non-hydrogen) atoms. The molecule has 1 aromatic carbocycles. The Morgan fingerprint density at radius 3 is 2.19 bits per heavy atom. The van der Waals surface area contributed by atoms with Crippen molar-refractivity contribution in [2.45, 2.75) is 23.8 Å². The van der Waals surface area contributed by atoms with Gasteiger partial charge in [-0.25, -0.2) is 29.0 Å². The zero-order valence-electron chi connectivity index (χ0n) is 11.2. The maximum Gasteiger partial charge on any atom is 0.243 e. The first-order valence-electron chi connectivity index (χ1n) is 6.46. The smallest absolute Gasteiger partial charge is 0.243 e. The van der Waals surface area contributed by atoms with Gasteiger partial charge < -0.3 is 0 Å². The highest BCUT2D eigenvalue weighted by Gasteiger charge is 2.26. The molecule has 110 valence electrons. The molecule has 1 heterocycles. The number of rotatable bonds is 4. The highest BCUT2D eigenvalue weighted by molar-refractivity contribution is 7.89. The number of hydrogen-bond acceptors (Lipinski definition) is 6. The third-order valence-corrected chi connectivity index (χ3v) is 4.92. The van der Waals surface area contributed by atoms with Gasteiger partial charge in [0.15, 0.2) is 0 Å². The van der Waals surface area contributed by atoms with Gasteiger partial charge >= 0.3 is 0 Å². The Morgan fingerprint density at radius 2 is 1.67 bits per heavy atom. The van der Waals surface area contributed by atoms with Crippen molar-refractivity contribution in [3.8, 4) is 0 Å². The Morgan fingerprint density at radius 1 is 1.10 bits per heavy atom. The predicted octanol–water partition coefficient (Wildman–Crippen LogP) is 0.208. The second-order valence-electron chi connectivity index (χ2n) is 4.88. The van der Waals surface area contributed by atoms with E-state index in [2.05, 4.69) is 20.1 Å². The lowest BCUT2D eigenvalue weighted by atomic mass is 10.1. The number of benzene rings is 1. The number of hydrogen-bond donors (Lipinski definition) is 3. The van der Waals surface area contributed by atoms with Crippen molar-refractivity contribution in [2.75, 3.05) is 5.43 Å². The van der Waals surface area contributed by atoms with Crippen molar-refractivity contribution >= 4 is 16.0 Å². The summed E-state index contributed by atoms with van der Waals surface area (Å²) < 4.78 is 27.3. The highest BCUT2D eigenvalue weighted by atomic mass is 32.2. The Hall–Kier alpha value is -2.03. The first-order chi connectivity index (χ1) is 10.1. The van der Waals surface area contributed by atoms with E-state index in [1.54, 1.807) is 0 Å². The van der Waals surface area contributed by atoms with Gasteiger partial charge in [-0.15, -0.1) is 0 Å². The van der Waals surface area contributed by atoms with Gasteiger partial charge in [-0.1, -0.05) is 24.3 Å². The number of hydrazine groups is 1. The Balaban J connectivity index is 1.75. The average Bonchev–Trinajstić information content (AvgIpc) is 2.88. The molecular formula is C13H15N5O2S. The van der Waals surface area contributed by atoms with Crippen molar-refractivity contribution in [3.63, 3.8) is 0 Å². The van der Waals surface area contributed by atoms with E-state index in [9.17, 15) is 8.42 Å². The fourth-order valence-electron chi connectivity index (χ4n) is 2.46. The van der Waals surface area contributed by atoms with Crippen LogP contribution in [-0.2, 0) is 22.9 Å². The minimum absolute atomic E-state index is 0.0254. The Kier molecular flexibility index (Phi) is 3.58. The summed E-state index contributed by atoms with van der Waals surface area (Å²) in [6, 6.07) is 7.83. The Bertz CT molecular complexity index is 720. The lowest BCUT2D eigenvalue weighted by Crippen LogP contribution is -2.35. The number of nitrogens with one attached hydrogen (secondary N) is 2. The van der Waals surface area contributed by atoms with Crippen molar-refractivity contribution in [2.24, 2.45) is 5.84 Å². The summed E-state index contributed by atoms with van der Waals surface area (Å²) in [5.74, 6) is 5.32. The standard InChI is InChI=1S/C13H15N5O2S/c14-17-13-15-7-12(8-16-13)21(19,20)18-11-5-9-3-1-2-4-10(9)6-11/h1-4,7-8,11,18H,5-6,14H2,(H,15,16,17). The molecule has 0 unspecified atom stereocenters. The van der Waals surface area contributed by atoms with Crippen molar-refractivity contribution < 1.29 is 8.42 Å². The van der Waals surface area contributed by atoms with Gasteiger partial charge in [-0.05, 0) is 24.0 Å². The van der Waals surface area contributed by atoms with Gasteiger partial charge in [0.2, 0.25) is 16.0 Å². The molecule has 2 aromatic rings. The summed E-state index contributed by atoms with van der Waals surface area (Å²) >= 11 is 0. The van der Waals surface area contributed by atoms with Gasteiger partial charge in [0.1, 0.15) is 4.90 Å². The highest BCUT2D eigenvalue weighted by Crippen LogP contribution is 2.23. The minimum atomic E-state index is -3.63. The number of nitrogens with zero attached hydrogens (tertiary/aromatic N) is 2. The number of nitrogens with two attached hydrogens (primary N) is 1. The van der Waals surface area contributed by atoms with Crippen LogP contribution >= 0.6 is 0 Å². The second-order valence-corrected chi connectivity index (χ2v) is 6.60. The summed E-state index contributed by atoms with van der Waals surface area (Å²) in [6.07, 6.45) is 3.84. The number of nitrogen functional groups attached to an aromatic ring is 1. The van der Waals surface area contributed by atoms with Crippen LogP contribution in [0.4, 0.5) is 5.95 Å². The molecule has 8 heteroatoms. The monoisotopic (exact) mass is 305 g/mol. The Labute approximate surface area is 122 Å². The molecule has 0 fully saturated rings. The lowest BCUT2D eigenvalue weighted by Gasteiger charge is -2.12. The van der Waals surface area contributed by atoms with Crippen LogP contribution in [0.15, 0.2) is 41.6 Å². The minimum Gasteiger partial charge on any atom is -0.292 e. The topological polar surface area (TPSA) is 110 Å². The molecule has 0 amide bonds. The van der Waals surface area contributed by atoms with Gasteiger partial charge in [-0.2, -0.15) is 0 Å². The molecule has 0 radical (unpaired) electrons. The molecule has 7 nitrogen and oxygen atoms in total. The summed E-state index contributed by atoms with van der Waals surface area (Å²) in [4.78, 5) is 7.65. The molecule has 0 aliphatic heterocycles. The summed E-state index contributed by atoms with van der Waals surface area (Å²) in [5, 5.41) is 0. The van der Waals surface area contributed by atoms with E-state index in [4.69, 9.17) is 5.84 Å². The zero-order chi connectivity index (χ0) is 14.9. The van der Waals surface area contributed by atoms with Crippen molar-refractivity contribution in [1.29, 1.82) is 0 Å². The molecule has 0 spiro atoms. The lowest BCUT2D eigenvalue weighted by molar-refractivity contribution is 0.555. The third kappa shape index (κ3) is 2.87. The molecular weight excluding hydrogens is 290 g/mol. The quantitative estimate of drug-likeness (QED) is 0.550. The van der Waals surface area contributed by atoms with Crippen LogP contribution in [0.1, 0.15) is 11.1 Å². The van der Waals surface area contributed by atoms with Gasteiger partial charge in [0, 0.05) is 6.04 Å². The molecule has 0 bridgehead atoms. The summed E-state index contributed by atoms with van der Waals surface area (Å²) in [5.41, 5.74) is 4.62. The molecule has 1 aliphatic rings. The van der Waals surface area contributed by atoms with Gasteiger partial charge in [0.05, 0.1) is 12.4 Å². The van der Waals surface area contributed by atoms with E-state index in [-0.39, 0.29) is 16.9 Å². The molecule has 1 aromatic heterocycles. The average molecular weight is 305 g/mol. The molecule has 1 aliphatic carbocycles. The molecule has 0 saturated heterocycles. The van der Waals surface area contributed by atoms with Crippen LogP contribution in [-0.4, -0.2) is 24.4 Å². The van der Waals surface area contributed by atoms with Crippen molar-refractivity contribution in [3.05, 3.63) is 47.8 Å². The number of aromatic nitrogens is 2. The number of sulfonamides is 1. The van der Waals surface area contributed by atoms with E-state index >= 15 is 0 Å². The zero-order valence-corrected chi connectivity index (χ0v) is 12.0. The molecule has 4 N–H and O–H groups in total. The predicted molar refractivity (Wildman–Crippen MR) is 77.8 cm³/mol. The normalized spacial score (nSPS) is 14.9. The number of anilines is 1. The summed E-state index contributed by atoms with van der Waals surface area (Å²) in [6.45, 7) is 0. The first kappa shape index (κ1) is 13.9. The van der Waals surface area contributed by atoms with Crippen LogP contribution in [0.3, 0.4) is 0 Å². The fraction of sp³-hybridized carbons (Fsp3) is 0.231. The van der Waals surface area contributed by atoms with Gasteiger partial charge in [0.25, 0.3) is 0 Å². The fourth-order valence-corrected chi connectivity index (χ4v) is 3.58. The molecule has 0 saturated carbocycles. The van der Waals surface area contributed by atoms with Gasteiger partial charge in [-0.3, -0.25) is 5.43 Å². The maximum atomic E-state index is 12.3. The first-order valence-corrected chi connectivity index (χ1v) is 7.94. The van der Waals surface area contributed by atoms with E-state index < -0.39 is 10.0 Å². The van der Waals surface area contributed by atoms with E-state index in [1.807, 2.05) is 24.3 Å². The van der Waals surface area contributed by atoms with Crippen LogP contribution in [0.25, 0.3) is 0 Å². The second kappa shape index (κ2) is 5.40. The third-order valence-electron chi connectivity index (χ3n) is 3.44. The van der Waals surface area contributed by atoms with E-state index in [0.29, 0.717) is 12.8 Å². The summed E-state index contributed by atoms with van der Waals surface area (Å²) in [7, 11) is -3.63. The van der Waals surface area contributed by atoms with Crippen LogP contribution in [0.5, 0.6) is 0 Å². The van der Waals surface area contributed by atoms with Crippen LogP contribution < -0.4 is 16.0 Å². The van der Waals surface area contributed by atoms with Crippen molar-refractivity contribution in [1.82, 2.24) is 14.7 Å². The van der Waals surface area contributed by atoms with Crippen LogP contribution in [0.2, 0.25) is 0 Å².